The van der Waals surface area contributed by atoms with Crippen LogP contribution in [0.4, 0.5) is 5.82 Å². The van der Waals surface area contributed by atoms with E-state index in [1.54, 1.807) is 6.20 Å². The van der Waals surface area contributed by atoms with E-state index in [2.05, 4.69) is 25.7 Å². The highest BCUT2D eigenvalue weighted by molar-refractivity contribution is 5.79. The van der Waals surface area contributed by atoms with Gasteiger partial charge in [0.15, 0.2) is 0 Å². The fourth-order valence-corrected chi connectivity index (χ4v) is 3.81. The van der Waals surface area contributed by atoms with Crippen molar-refractivity contribution in [1.29, 1.82) is 0 Å². The molecule has 0 saturated carbocycles. The maximum atomic E-state index is 12.6. The number of aromatic nitrogens is 4. The second kappa shape index (κ2) is 7.21. The van der Waals surface area contributed by atoms with E-state index in [1.807, 2.05) is 17.0 Å². The molecule has 1 saturated heterocycles. The van der Waals surface area contributed by atoms with E-state index < -0.39 is 0 Å². The number of carbonyl (C=O) groups excluding carboxylic acids is 1. The Morgan fingerprint density at radius 1 is 1.28 bits per heavy atom. The number of aromatic amines is 1. The van der Waals surface area contributed by atoms with Gasteiger partial charge < -0.3 is 10.2 Å². The Morgan fingerprint density at radius 3 is 2.92 bits per heavy atom. The zero-order valence-corrected chi connectivity index (χ0v) is 14.4. The third-order valence-corrected chi connectivity index (χ3v) is 5.23. The Morgan fingerprint density at radius 2 is 2.12 bits per heavy atom. The molecule has 0 spiro atoms. The maximum absolute atomic E-state index is 12.6. The van der Waals surface area contributed by atoms with Crippen LogP contribution < -0.4 is 5.32 Å². The van der Waals surface area contributed by atoms with Crippen molar-refractivity contribution in [3.05, 3.63) is 35.3 Å². The minimum atomic E-state index is 0.192. The van der Waals surface area contributed by atoms with E-state index >= 15 is 0 Å². The van der Waals surface area contributed by atoms with Crippen molar-refractivity contribution in [2.75, 3.05) is 18.4 Å². The summed E-state index contributed by atoms with van der Waals surface area (Å²) in [6.07, 6.45) is 8.49. The van der Waals surface area contributed by atoms with Gasteiger partial charge in [0.1, 0.15) is 5.82 Å². The predicted molar refractivity (Wildman–Crippen MR) is 94.2 cm³/mol. The fourth-order valence-electron chi connectivity index (χ4n) is 3.81. The number of piperidine rings is 1. The number of nitrogens with zero attached hydrogens (tertiary/aromatic N) is 4. The van der Waals surface area contributed by atoms with Crippen LogP contribution >= 0.6 is 0 Å². The summed E-state index contributed by atoms with van der Waals surface area (Å²) in [6.45, 7) is 1.56. The highest BCUT2D eigenvalue weighted by atomic mass is 16.2. The molecule has 132 valence electrons. The molecule has 0 radical (unpaired) electrons. The summed E-state index contributed by atoms with van der Waals surface area (Å²) in [5.74, 6) is 0.994. The third-order valence-electron chi connectivity index (χ3n) is 5.23. The van der Waals surface area contributed by atoms with Gasteiger partial charge in [-0.15, -0.1) is 5.10 Å². The molecule has 0 bridgehead atoms. The van der Waals surface area contributed by atoms with Crippen LogP contribution in [-0.4, -0.2) is 50.3 Å². The zero-order chi connectivity index (χ0) is 17.1. The third kappa shape index (κ3) is 3.65. The van der Waals surface area contributed by atoms with E-state index in [9.17, 15) is 4.79 Å². The van der Waals surface area contributed by atoms with Crippen LogP contribution in [0.1, 0.15) is 42.6 Å². The Labute approximate surface area is 147 Å². The number of fused-ring (bicyclic) bond motifs is 1. The number of H-pyrrole nitrogens is 1. The summed E-state index contributed by atoms with van der Waals surface area (Å²) in [4.78, 5) is 14.6. The molecular weight excluding hydrogens is 316 g/mol. The first-order chi connectivity index (χ1) is 12.3. The lowest BCUT2D eigenvalue weighted by Crippen LogP contribution is -2.43. The van der Waals surface area contributed by atoms with Gasteiger partial charge in [0.25, 0.3) is 0 Å². The van der Waals surface area contributed by atoms with Crippen LogP contribution in [0.5, 0.6) is 0 Å². The number of anilines is 1. The van der Waals surface area contributed by atoms with Gasteiger partial charge in [-0.3, -0.25) is 9.89 Å². The molecule has 1 aliphatic heterocycles. The number of rotatable bonds is 4. The number of hydrogen-bond donors (Lipinski definition) is 2. The monoisotopic (exact) mass is 340 g/mol. The van der Waals surface area contributed by atoms with Gasteiger partial charge in [0, 0.05) is 31.0 Å². The van der Waals surface area contributed by atoms with Crippen molar-refractivity contribution >= 4 is 11.7 Å². The van der Waals surface area contributed by atoms with Crippen LogP contribution in [0.3, 0.4) is 0 Å². The van der Waals surface area contributed by atoms with Crippen LogP contribution in [0.2, 0.25) is 0 Å². The van der Waals surface area contributed by atoms with Gasteiger partial charge in [-0.05, 0) is 56.2 Å². The van der Waals surface area contributed by atoms with E-state index in [0.717, 1.165) is 50.3 Å². The topological polar surface area (TPSA) is 86.8 Å². The summed E-state index contributed by atoms with van der Waals surface area (Å²) < 4.78 is 0. The number of likely N-dealkylation sites (tertiary alicyclic amines) is 1. The molecule has 4 rings (SSSR count). The molecule has 0 atom stereocenters. The highest BCUT2D eigenvalue weighted by Crippen LogP contribution is 2.23. The quantitative estimate of drug-likeness (QED) is 0.885. The SMILES string of the molecule is O=C(Cc1n[nH]c2c1CCCC2)N1CCC(Nc2cccnn2)CC1. The Balaban J connectivity index is 1.30. The summed E-state index contributed by atoms with van der Waals surface area (Å²) in [5, 5.41) is 18.9. The van der Waals surface area contributed by atoms with Gasteiger partial charge in [0.2, 0.25) is 5.91 Å². The molecule has 1 amide bonds. The fraction of sp³-hybridized carbons (Fsp3) is 0.556. The molecule has 7 heteroatoms. The Kier molecular flexibility index (Phi) is 4.63. The number of carbonyl (C=O) groups is 1. The minimum absolute atomic E-state index is 0.192. The van der Waals surface area contributed by atoms with Crippen molar-refractivity contribution in [3.8, 4) is 0 Å². The molecule has 1 aliphatic carbocycles. The van der Waals surface area contributed by atoms with Crippen molar-refractivity contribution in [2.24, 2.45) is 0 Å². The van der Waals surface area contributed by atoms with Gasteiger partial charge in [-0.2, -0.15) is 10.2 Å². The standard InChI is InChI=1S/C18H24N6O/c25-18(12-16-14-4-1-2-5-15(14)21-22-16)24-10-7-13(8-11-24)20-17-6-3-9-19-23-17/h3,6,9,13H,1-2,4-5,7-8,10-12H2,(H,20,23)(H,21,22). The lowest BCUT2D eigenvalue weighted by Gasteiger charge is -2.32. The van der Waals surface area contributed by atoms with E-state index in [4.69, 9.17) is 0 Å². The Bertz CT molecular complexity index is 720. The van der Waals surface area contributed by atoms with Gasteiger partial charge in [-0.1, -0.05) is 0 Å². The molecule has 0 aromatic carbocycles. The van der Waals surface area contributed by atoms with Crippen molar-refractivity contribution in [3.63, 3.8) is 0 Å². The molecule has 2 aromatic heterocycles. The number of aryl methyl sites for hydroxylation is 1. The molecule has 3 heterocycles. The van der Waals surface area contributed by atoms with E-state index in [1.165, 1.54) is 24.1 Å². The molecule has 2 N–H and O–H groups in total. The van der Waals surface area contributed by atoms with Crippen molar-refractivity contribution in [2.45, 2.75) is 51.0 Å². The summed E-state index contributed by atoms with van der Waals surface area (Å²) >= 11 is 0. The molecule has 0 unspecified atom stereocenters. The molecule has 25 heavy (non-hydrogen) atoms. The van der Waals surface area contributed by atoms with E-state index in [-0.39, 0.29) is 5.91 Å². The van der Waals surface area contributed by atoms with Crippen molar-refractivity contribution < 1.29 is 4.79 Å². The molecule has 7 nitrogen and oxygen atoms in total. The minimum Gasteiger partial charge on any atom is -0.366 e. The summed E-state index contributed by atoms with van der Waals surface area (Å²) in [6, 6.07) is 4.14. The van der Waals surface area contributed by atoms with Gasteiger partial charge in [-0.25, -0.2) is 0 Å². The van der Waals surface area contributed by atoms with Crippen LogP contribution in [-0.2, 0) is 24.1 Å². The average molecular weight is 340 g/mol. The molecule has 1 fully saturated rings. The Hall–Kier alpha value is -2.44. The lowest BCUT2D eigenvalue weighted by molar-refractivity contribution is -0.131. The van der Waals surface area contributed by atoms with Gasteiger partial charge in [0.05, 0.1) is 12.1 Å². The van der Waals surface area contributed by atoms with Crippen molar-refractivity contribution in [1.82, 2.24) is 25.3 Å². The first kappa shape index (κ1) is 16.1. The second-order valence-corrected chi connectivity index (χ2v) is 6.92. The normalized spacial score (nSPS) is 18.0. The zero-order valence-electron chi connectivity index (χ0n) is 14.4. The summed E-state index contributed by atoms with van der Waals surface area (Å²) in [7, 11) is 0. The molecular formula is C18H24N6O. The highest BCUT2D eigenvalue weighted by Gasteiger charge is 2.25. The van der Waals surface area contributed by atoms with Crippen LogP contribution in [0.15, 0.2) is 18.3 Å². The second-order valence-electron chi connectivity index (χ2n) is 6.92. The predicted octanol–water partition coefficient (Wildman–Crippen LogP) is 1.72. The van der Waals surface area contributed by atoms with Gasteiger partial charge >= 0.3 is 0 Å². The first-order valence-electron chi connectivity index (χ1n) is 9.16. The number of hydrogen-bond acceptors (Lipinski definition) is 5. The van der Waals surface area contributed by atoms with Crippen LogP contribution in [0, 0.1) is 0 Å². The largest absolute Gasteiger partial charge is 0.366 e. The van der Waals surface area contributed by atoms with Crippen LogP contribution in [0.25, 0.3) is 0 Å². The molecule has 2 aromatic rings. The number of nitrogens with one attached hydrogen (secondary N) is 2. The maximum Gasteiger partial charge on any atom is 0.228 e. The first-order valence-corrected chi connectivity index (χ1v) is 9.16. The van der Waals surface area contributed by atoms with E-state index in [0.29, 0.717) is 12.5 Å². The smallest absolute Gasteiger partial charge is 0.228 e. The summed E-state index contributed by atoms with van der Waals surface area (Å²) in [5.41, 5.74) is 3.49. The lowest BCUT2D eigenvalue weighted by atomic mass is 9.95. The number of amides is 1. The molecule has 2 aliphatic rings. The average Bonchev–Trinajstić information content (AvgIpc) is 3.06.